The molecule has 0 aliphatic carbocycles. The maximum absolute atomic E-state index is 11.2. The predicted molar refractivity (Wildman–Crippen MR) is 94.2 cm³/mol. The molecule has 0 fully saturated rings. The van der Waals surface area contributed by atoms with Crippen LogP contribution in [0.5, 0.6) is 0 Å². The second-order valence-corrected chi connectivity index (χ2v) is 6.08. The van der Waals surface area contributed by atoms with Gasteiger partial charge in [-0.25, -0.2) is 9.67 Å². The highest BCUT2D eigenvalue weighted by atomic mass is 79.9. The van der Waals surface area contributed by atoms with Crippen molar-refractivity contribution < 1.29 is 4.92 Å². The smallest absolute Gasteiger partial charge is 0.312 e. The molecule has 0 saturated heterocycles. The lowest BCUT2D eigenvalue weighted by Gasteiger charge is -2.11. The Morgan fingerprint density at radius 1 is 1.33 bits per heavy atom. The van der Waals surface area contributed by atoms with E-state index in [0.29, 0.717) is 11.0 Å². The van der Waals surface area contributed by atoms with Gasteiger partial charge in [-0.1, -0.05) is 18.2 Å². The Balaban J connectivity index is 1.87. The number of halogens is 1. The molecule has 3 rings (SSSR count). The van der Waals surface area contributed by atoms with Crippen LogP contribution in [0.2, 0.25) is 0 Å². The third kappa shape index (κ3) is 3.43. The number of anilines is 1. The van der Waals surface area contributed by atoms with Gasteiger partial charge >= 0.3 is 5.69 Å². The number of nitrogens with zero attached hydrogens (tertiary/aromatic N) is 4. The minimum Gasteiger partial charge on any atom is -0.360 e. The topological polar surface area (TPSA) is 85.9 Å². The Kier molecular flexibility index (Phi) is 4.57. The standard InChI is InChI=1S/C16H14BrN5O2/c1-11-6-7-21(20-11)14-5-3-2-4-12(14)9-18-16-15(22(23)24)8-13(17)10-19-16/h2-8,10H,9H2,1H3,(H,18,19). The number of benzene rings is 1. The van der Waals surface area contributed by atoms with E-state index in [0.717, 1.165) is 16.9 Å². The third-order valence-electron chi connectivity index (χ3n) is 3.44. The van der Waals surface area contributed by atoms with Gasteiger partial charge in [0.2, 0.25) is 5.82 Å². The van der Waals surface area contributed by atoms with Crippen LogP contribution >= 0.6 is 15.9 Å². The number of rotatable bonds is 5. The molecule has 24 heavy (non-hydrogen) atoms. The fourth-order valence-electron chi connectivity index (χ4n) is 2.32. The summed E-state index contributed by atoms with van der Waals surface area (Å²) in [5.41, 5.74) is 2.72. The van der Waals surface area contributed by atoms with E-state index in [4.69, 9.17) is 0 Å². The average molecular weight is 388 g/mol. The molecule has 0 atom stereocenters. The van der Waals surface area contributed by atoms with Gasteiger partial charge < -0.3 is 5.32 Å². The number of aryl methyl sites for hydroxylation is 1. The molecule has 3 aromatic rings. The van der Waals surface area contributed by atoms with Gasteiger partial charge in [0.1, 0.15) is 0 Å². The highest BCUT2D eigenvalue weighted by Gasteiger charge is 2.16. The van der Waals surface area contributed by atoms with Crippen LogP contribution in [0.15, 0.2) is 53.3 Å². The van der Waals surface area contributed by atoms with Crippen molar-refractivity contribution in [3.63, 3.8) is 0 Å². The summed E-state index contributed by atoms with van der Waals surface area (Å²) in [7, 11) is 0. The van der Waals surface area contributed by atoms with Crippen molar-refractivity contribution in [3.05, 3.63) is 74.6 Å². The Labute approximate surface area is 146 Å². The van der Waals surface area contributed by atoms with Crippen LogP contribution in [0.1, 0.15) is 11.3 Å². The first kappa shape index (κ1) is 16.1. The highest BCUT2D eigenvalue weighted by molar-refractivity contribution is 9.10. The van der Waals surface area contributed by atoms with Crippen LogP contribution in [0.3, 0.4) is 0 Å². The van der Waals surface area contributed by atoms with E-state index >= 15 is 0 Å². The Morgan fingerprint density at radius 3 is 2.83 bits per heavy atom. The average Bonchev–Trinajstić information content (AvgIpc) is 3.00. The second-order valence-electron chi connectivity index (χ2n) is 5.16. The predicted octanol–water partition coefficient (Wildman–Crippen LogP) is 3.86. The van der Waals surface area contributed by atoms with Gasteiger partial charge in [-0.05, 0) is 40.5 Å². The molecule has 0 amide bonds. The van der Waals surface area contributed by atoms with E-state index in [1.165, 1.54) is 12.3 Å². The number of hydrogen-bond donors (Lipinski definition) is 1. The normalized spacial score (nSPS) is 10.6. The van der Waals surface area contributed by atoms with Gasteiger partial charge in [0.15, 0.2) is 0 Å². The van der Waals surface area contributed by atoms with Crippen LogP contribution in [0.25, 0.3) is 5.69 Å². The van der Waals surface area contributed by atoms with Crippen LogP contribution in [0, 0.1) is 17.0 Å². The van der Waals surface area contributed by atoms with Crippen molar-refractivity contribution in [2.24, 2.45) is 0 Å². The fraction of sp³-hybridized carbons (Fsp3) is 0.125. The molecule has 1 N–H and O–H groups in total. The van der Waals surface area contributed by atoms with Crippen LogP contribution < -0.4 is 5.32 Å². The van der Waals surface area contributed by atoms with Crippen molar-refractivity contribution in [1.82, 2.24) is 14.8 Å². The minimum absolute atomic E-state index is 0.0724. The van der Waals surface area contributed by atoms with Gasteiger partial charge in [-0.15, -0.1) is 0 Å². The van der Waals surface area contributed by atoms with E-state index in [1.54, 1.807) is 4.68 Å². The van der Waals surface area contributed by atoms with Gasteiger partial charge in [-0.3, -0.25) is 10.1 Å². The summed E-state index contributed by atoms with van der Waals surface area (Å²) >= 11 is 3.20. The number of nitrogens with one attached hydrogen (secondary N) is 1. The molecule has 0 aliphatic rings. The molecule has 0 aliphatic heterocycles. The van der Waals surface area contributed by atoms with E-state index in [1.807, 2.05) is 43.5 Å². The Hall–Kier alpha value is -2.74. The first-order chi connectivity index (χ1) is 11.5. The lowest BCUT2D eigenvalue weighted by atomic mass is 10.1. The van der Waals surface area contributed by atoms with Gasteiger partial charge in [0, 0.05) is 29.5 Å². The van der Waals surface area contributed by atoms with E-state index < -0.39 is 4.92 Å². The zero-order valence-electron chi connectivity index (χ0n) is 12.8. The molecule has 0 bridgehead atoms. The molecule has 1 aromatic carbocycles. The van der Waals surface area contributed by atoms with Gasteiger partial charge in [-0.2, -0.15) is 5.10 Å². The largest absolute Gasteiger partial charge is 0.360 e. The monoisotopic (exact) mass is 387 g/mol. The highest BCUT2D eigenvalue weighted by Crippen LogP contribution is 2.26. The summed E-state index contributed by atoms with van der Waals surface area (Å²) in [5, 5.41) is 18.6. The number of aromatic nitrogens is 3. The molecule has 2 heterocycles. The maximum atomic E-state index is 11.2. The molecule has 0 radical (unpaired) electrons. The van der Waals surface area contributed by atoms with E-state index in [9.17, 15) is 10.1 Å². The summed E-state index contributed by atoms with van der Waals surface area (Å²) in [6.45, 7) is 2.32. The minimum atomic E-state index is -0.455. The Morgan fingerprint density at radius 2 is 2.12 bits per heavy atom. The molecule has 122 valence electrons. The molecular weight excluding hydrogens is 374 g/mol. The van der Waals surface area contributed by atoms with Gasteiger partial charge in [0.25, 0.3) is 0 Å². The van der Waals surface area contributed by atoms with Gasteiger partial charge in [0.05, 0.1) is 16.3 Å². The zero-order valence-corrected chi connectivity index (χ0v) is 14.4. The van der Waals surface area contributed by atoms with E-state index in [-0.39, 0.29) is 11.5 Å². The van der Waals surface area contributed by atoms with Crippen molar-refractivity contribution in [2.75, 3.05) is 5.32 Å². The molecule has 0 unspecified atom stereocenters. The Bertz CT molecular complexity index is 894. The quantitative estimate of drug-likeness (QED) is 0.530. The number of para-hydroxylation sites is 1. The SMILES string of the molecule is Cc1ccn(-c2ccccc2CNc2ncc(Br)cc2[N+](=O)[O-])n1. The molecule has 0 spiro atoms. The van der Waals surface area contributed by atoms with Crippen molar-refractivity contribution in [3.8, 4) is 5.69 Å². The van der Waals surface area contributed by atoms with Crippen molar-refractivity contribution in [2.45, 2.75) is 13.5 Å². The van der Waals surface area contributed by atoms with Crippen LogP contribution in [0.4, 0.5) is 11.5 Å². The first-order valence-corrected chi connectivity index (χ1v) is 7.98. The summed E-state index contributed by atoms with van der Waals surface area (Å²) in [6.07, 6.45) is 3.41. The zero-order chi connectivity index (χ0) is 17.1. The fourth-order valence-corrected chi connectivity index (χ4v) is 2.64. The van der Waals surface area contributed by atoms with Crippen molar-refractivity contribution in [1.29, 1.82) is 0 Å². The molecule has 7 nitrogen and oxygen atoms in total. The first-order valence-electron chi connectivity index (χ1n) is 7.19. The molecule has 2 aromatic heterocycles. The molecule has 0 saturated carbocycles. The van der Waals surface area contributed by atoms with Crippen LogP contribution in [-0.2, 0) is 6.54 Å². The lowest BCUT2D eigenvalue weighted by Crippen LogP contribution is -2.08. The van der Waals surface area contributed by atoms with Crippen LogP contribution in [-0.4, -0.2) is 19.7 Å². The summed E-state index contributed by atoms with van der Waals surface area (Å²) < 4.78 is 2.35. The summed E-state index contributed by atoms with van der Waals surface area (Å²) in [5.74, 6) is 0.231. The lowest BCUT2D eigenvalue weighted by molar-refractivity contribution is -0.384. The number of nitro groups is 1. The summed E-state index contributed by atoms with van der Waals surface area (Å²) in [4.78, 5) is 14.8. The number of pyridine rings is 1. The maximum Gasteiger partial charge on any atom is 0.312 e. The summed E-state index contributed by atoms with van der Waals surface area (Å²) in [6, 6.07) is 11.1. The van der Waals surface area contributed by atoms with Crippen molar-refractivity contribution >= 4 is 27.4 Å². The number of hydrogen-bond acceptors (Lipinski definition) is 5. The third-order valence-corrected chi connectivity index (χ3v) is 3.87. The van der Waals surface area contributed by atoms with E-state index in [2.05, 4.69) is 31.3 Å². The molecule has 8 heteroatoms. The molecular formula is C16H14BrN5O2. The second kappa shape index (κ2) is 6.79.